The van der Waals surface area contributed by atoms with Crippen molar-refractivity contribution in [3.63, 3.8) is 0 Å². The van der Waals surface area contributed by atoms with Crippen LogP contribution in [0, 0.1) is 6.92 Å². The molecule has 0 spiro atoms. The van der Waals surface area contributed by atoms with Crippen molar-refractivity contribution in [3.05, 3.63) is 42.5 Å². The molecule has 3 aliphatic heterocycles. The topological polar surface area (TPSA) is 107 Å². The fraction of sp³-hybridized carbons (Fsp3) is 0.452. The molecule has 0 unspecified atom stereocenters. The minimum atomic E-state index is 0.245. The van der Waals surface area contributed by atoms with Gasteiger partial charge in [-0.2, -0.15) is 5.10 Å². The van der Waals surface area contributed by atoms with Crippen LogP contribution in [0.5, 0.6) is 5.75 Å². The van der Waals surface area contributed by atoms with Crippen LogP contribution in [0.3, 0.4) is 0 Å². The van der Waals surface area contributed by atoms with Crippen LogP contribution in [-0.2, 0) is 9.47 Å². The number of ether oxygens (including phenoxy) is 3. The number of thiazole rings is 1. The molecule has 0 saturated carbocycles. The fourth-order valence-corrected chi connectivity index (χ4v) is 7.67. The van der Waals surface area contributed by atoms with Crippen LogP contribution < -0.4 is 14.5 Å². The van der Waals surface area contributed by atoms with Crippen LogP contribution in [-0.4, -0.2) is 113 Å². The average Bonchev–Trinajstić information content (AvgIpc) is 3.87. The molecule has 13 heteroatoms. The first-order chi connectivity index (χ1) is 21.6. The molecule has 2 bridgehead atoms. The predicted molar refractivity (Wildman–Crippen MR) is 170 cm³/mol. The number of methoxy groups -OCH3 is 2. The highest BCUT2D eigenvalue weighted by Gasteiger charge is 2.41. The number of aromatic nitrogens is 6. The van der Waals surface area contributed by atoms with E-state index in [-0.39, 0.29) is 6.10 Å². The van der Waals surface area contributed by atoms with E-state index in [4.69, 9.17) is 34.3 Å². The summed E-state index contributed by atoms with van der Waals surface area (Å²) in [4.78, 5) is 27.0. The number of hydrogen-bond donors (Lipinski definition) is 0. The first-order valence-electron chi connectivity index (χ1n) is 15.1. The molecule has 8 rings (SSSR count). The van der Waals surface area contributed by atoms with E-state index in [1.807, 2.05) is 29.9 Å². The lowest BCUT2D eigenvalue weighted by molar-refractivity contribution is 0.0990. The standard InChI is InChI=1S/C31H35N9O3S/c1-19-22-16-33-40(25(22)13-24(34-19)23-15-32-5-4-26(23)42-3)28-14-27-29(30(35-28)39-17-21-12-20(39)18-43-21)36-31(44-27)38-8-6-37(7-9-38)10-11-41-2/h4-5,13-16,20-21H,6-12,17-18H2,1-3H3/t20-,21-/m0/s1. The number of pyridine rings is 3. The summed E-state index contributed by atoms with van der Waals surface area (Å²) >= 11 is 1.74. The van der Waals surface area contributed by atoms with E-state index >= 15 is 0 Å². The molecule has 12 nitrogen and oxygen atoms in total. The smallest absolute Gasteiger partial charge is 0.186 e. The van der Waals surface area contributed by atoms with E-state index < -0.39 is 0 Å². The van der Waals surface area contributed by atoms with Gasteiger partial charge in [-0.3, -0.25) is 14.9 Å². The van der Waals surface area contributed by atoms with Gasteiger partial charge in [0.15, 0.2) is 16.8 Å². The minimum Gasteiger partial charge on any atom is -0.496 e. The largest absolute Gasteiger partial charge is 0.496 e. The Morgan fingerprint density at radius 2 is 1.95 bits per heavy atom. The van der Waals surface area contributed by atoms with Crippen molar-refractivity contribution in [1.82, 2.24) is 34.6 Å². The zero-order valence-corrected chi connectivity index (χ0v) is 26.0. The summed E-state index contributed by atoms with van der Waals surface area (Å²) in [7, 11) is 3.42. The van der Waals surface area contributed by atoms with E-state index in [0.717, 1.165) is 119 Å². The minimum absolute atomic E-state index is 0.245. The van der Waals surface area contributed by atoms with Crippen molar-refractivity contribution >= 4 is 43.4 Å². The number of rotatable bonds is 8. The average molecular weight is 614 g/mol. The van der Waals surface area contributed by atoms with Crippen LogP contribution in [0.25, 0.3) is 38.2 Å². The molecule has 0 N–H and O–H groups in total. The summed E-state index contributed by atoms with van der Waals surface area (Å²) in [5, 5.41) is 6.86. The molecular formula is C31H35N9O3S. The summed E-state index contributed by atoms with van der Waals surface area (Å²) in [5.74, 6) is 2.40. The maximum absolute atomic E-state index is 5.95. The van der Waals surface area contributed by atoms with Gasteiger partial charge >= 0.3 is 0 Å². The second-order valence-electron chi connectivity index (χ2n) is 11.6. The number of nitrogens with zero attached hydrogens (tertiary/aromatic N) is 9. The molecule has 5 aromatic heterocycles. The molecule has 0 aromatic carbocycles. The molecule has 2 atom stereocenters. The Bertz CT molecular complexity index is 1830. The van der Waals surface area contributed by atoms with Gasteiger partial charge in [0.05, 0.1) is 60.1 Å². The molecule has 8 heterocycles. The third kappa shape index (κ3) is 4.74. The lowest BCUT2D eigenvalue weighted by Crippen LogP contribution is -2.47. The number of hydrogen-bond acceptors (Lipinski definition) is 12. The SMILES string of the molecule is COCCN1CCN(c2nc3c(N4C[C@@H]5C[C@H]4CO5)nc(-n4ncc5c(C)nc(-c6cnccc6OC)cc54)cc3s2)CC1. The molecule has 44 heavy (non-hydrogen) atoms. The fourth-order valence-electron chi connectivity index (χ4n) is 6.63. The van der Waals surface area contributed by atoms with Gasteiger partial charge < -0.3 is 24.0 Å². The quantitative estimate of drug-likeness (QED) is 0.257. The molecule has 228 valence electrons. The second kappa shape index (κ2) is 11.2. The van der Waals surface area contributed by atoms with E-state index in [0.29, 0.717) is 6.04 Å². The van der Waals surface area contributed by atoms with Crippen LogP contribution in [0.4, 0.5) is 10.9 Å². The Kier molecular flexibility index (Phi) is 7.05. The van der Waals surface area contributed by atoms with E-state index in [2.05, 4.69) is 25.8 Å². The van der Waals surface area contributed by atoms with E-state index in [1.165, 1.54) is 0 Å². The molecule has 0 amide bonds. The van der Waals surface area contributed by atoms with Crippen LogP contribution in [0.15, 0.2) is 36.8 Å². The highest BCUT2D eigenvalue weighted by molar-refractivity contribution is 7.22. The van der Waals surface area contributed by atoms with Crippen molar-refractivity contribution in [2.45, 2.75) is 25.5 Å². The number of piperazine rings is 1. The predicted octanol–water partition coefficient (Wildman–Crippen LogP) is 3.55. The van der Waals surface area contributed by atoms with Crippen molar-refractivity contribution in [1.29, 1.82) is 0 Å². The Balaban J connectivity index is 1.22. The summed E-state index contributed by atoms with van der Waals surface area (Å²) in [6.07, 6.45) is 6.66. The normalized spacial score (nSPS) is 20.4. The van der Waals surface area contributed by atoms with Crippen LogP contribution in [0.2, 0.25) is 0 Å². The molecule has 3 saturated heterocycles. The monoisotopic (exact) mass is 613 g/mol. The maximum atomic E-state index is 5.95. The summed E-state index contributed by atoms with van der Waals surface area (Å²) in [5.41, 5.74) is 4.38. The van der Waals surface area contributed by atoms with Gasteiger partial charge in [0, 0.05) is 75.9 Å². The molecular weight excluding hydrogens is 578 g/mol. The van der Waals surface area contributed by atoms with E-state index in [9.17, 15) is 0 Å². The number of morpholine rings is 1. The van der Waals surface area contributed by atoms with Gasteiger partial charge in [-0.25, -0.2) is 14.6 Å². The highest BCUT2D eigenvalue weighted by atomic mass is 32.1. The Labute approximate surface area is 259 Å². The Morgan fingerprint density at radius 3 is 2.73 bits per heavy atom. The van der Waals surface area contributed by atoms with Gasteiger partial charge in [0.1, 0.15) is 11.3 Å². The Hall–Kier alpha value is -3.91. The lowest BCUT2D eigenvalue weighted by Gasteiger charge is -2.34. The number of fused-ring (bicyclic) bond motifs is 4. The zero-order valence-electron chi connectivity index (χ0n) is 25.1. The van der Waals surface area contributed by atoms with Gasteiger partial charge in [-0.1, -0.05) is 11.3 Å². The van der Waals surface area contributed by atoms with Gasteiger partial charge in [0.2, 0.25) is 0 Å². The molecule has 0 radical (unpaired) electrons. The van der Waals surface area contributed by atoms with Crippen molar-refractivity contribution < 1.29 is 14.2 Å². The lowest BCUT2D eigenvalue weighted by atomic mass is 10.1. The molecule has 3 fully saturated rings. The molecule has 3 aliphatic rings. The first kappa shape index (κ1) is 27.6. The second-order valence-corrected chi connectivity index (χ2v) is 12.6. The molecule has 5 aromatic rings. The van der Waals surface area contributed by atoms with Crippen LogP contribution in [0.1, 0.15) is 12.1 Å². The summed E-state index contributed by atoms with van der Waals surface area (Å²) in [6.45, 7) is 9.17. The number of anilines is 2. The van der Waals surface area contributed by atoms with Crippen molar-refractivity contribution in [2.24, 2.45) is 0 Å². The summed E-state index contributed by atoms with van der Waals surface area (Å²) in [6, 6.07) is 6.34. The first-order valence-corrected chi connectivity index (χ1v) is 15.9. The zero-order chi connectivity index (χ0) is 29.8. The van der Waals surface area contributed by atoms with Crippen molar-refractivity contribution in [2.75, 3.05) is 76.5 Å². The highest BCUT2D eigenvalue weighted by Crippen LogP contribution is 2.40. The van der Waals surface area contributed by atoms with Crippen molar-refractivity contribution in [3.8, 4) is 22.8 Å². The van der Waals surface area contributed by atoms with E-state index in [1.54, 1.807) is 38.0 Å². The molecule has 0 aliphatic carbocycles. The van der Waals surface area contributed by atoms with Gasteiger partial charge in [0.25, 0.3) is 0 Å². The third-order valence-corrected chi connectivity index (χ3v) is 10.1. The van der Waals surface area contributed by atoms with Gasteiger partial charge in [-0.05, 0) is 25.5 Å². The maximum Gasteiger partial charge on any atom is 0.186 e. The Morgan fingerprint density at radius 1 is 1.07 bits per heavy atom. The van der Waals surface area contributed by atoms with Crippen LogP contribution >= 0.6 is 11.3 Å². The summed E-state index contributed by atoms with van der Waals surface area (Å²) < 4.78 is 19.9. The third-order valence-electron chi connectivity index (χ3n) is 9.01. The number of aryl methyl sites for hydroxylation is 1. The van der Waals surface area contributed by atoms with Gasteiger partial charge in [-0.15, -0.1) is 0 Å².